The van der Waals surface area contributed by atoms with Gasteiger partial charge in [-0.1, -0.05) is 6.07 Å². The Morgan fingerprint density at radius 3 is 2.53 bits per heavy atom. The van der Waals surface area contributed by atoms with E-state index < -0.39 is 0 Å². The highest BCUT2D eigenvalue weighted by molar-refractivity contribution is 5.33. The molecule has 1 heterocycles. The third kappa shape index (κ3) is 2.39. The summed E-state index contributed by atoms with van der Waals surface area (Å²) in [4.78, 5) is 0. The average molecular weight is 233 g/mol. The van der Waals surface area contributed by atoms with Crippen LogP contribution in [0.5, 0.6) is 0 Å². The molecule has 0 spiro atoms. The van der Waals surface area contributed by atoms with Crippen molar-refractivity contribution in [3.63, 3.8) is 0 Å². The maximum Gasteiger partial charge on any atom is 0.128 e. The van der Waals surface area contributed by atoms with E-state index in [-0.39, 0.29) is 11.9 Å². The minimum absolute atomic E-state index is 0.112. The van der Waals surface area contributed by atoms with E-state index in [1.807, 2.05) is 33.0 Å². The highest BCUT2D eigenvalue weighted by Gasteiger charge is 2.18. The third-order valence-electron chi connectivity index (χ3n) is 2.85. The molecule has 2 rings (SSSR count). The number of halogens is 1. The summed E-state index contributed by atoms with van der Waals surface area (Å²) in [5, 5.41) is 3.16. The van der Waals surface area contributed by atoms with Crippen LogP contribution in [0.25, 0.3) is 0 Å². The predicted molar refractivity (Wildman–Crippen MR) is 65.5 cm³/mol. The van der Waals surface area contributed by atoms with Crippen LogP contribution in [-0.2, 0) is 0 Å². The summed E-state index contributed by atoms with van der Waals surface area (Å²) < 4.78 is 18.9. The molecule has 0 amide bonds. The van der Waals surface area contributed by atoms with Crippen molar-refractivity contribution in [3.05, 3.63) is 58.8 Å². The molecule has 1 unspecified atom stereocenters. The van der Waals surface area contributed by atoms with Crippen LogP contribution in [-0.4, -0.2) is 7.05 Å². The molecule has 17 heavy (non-hydrogen) atoms. The lowest BCUT2D eigenvalue weighted by Gasteiger charge is -2.16. The summed E-state index contributed by atoms with van der Waals surface area (Å²) in [5.41, 5.74) is 2.85. The topological polar surface area (TPSA) is 25.2 Å². The molecule has 2 aromatic rings. The van der Waals surface area contributed by atoms with E-state index in [4.69, 9.17) is 4.42 Å². The Kier molecular flexibility index (Phi) is 3.29. The third-order valence-corrected chi connectivity index (χ3v) is 2.85. The van der Waals surface area contributed by atoms with E-state index in [0.717, 1.165) is 22.5 Å². The maximum absolute atomic E-state index is 13.4. The summed E-state index contributed by atoms with van der Waals surface area (Å²) in [6, 6.07) is 6.82. The zero-order valence-corrected chi connectivity index (χ0v) is 10.3. The predicted octanol–water partition coefficient (Wildman–Crippen LogP) is 3.34. The van der Waals surface area contributed by atoms with Gasteiger partial charge in [0, 0.05) is 0 Å². The van der Waals surface area contributed by atoms with Crippen molar-refractivity contribution in [2.45, 2.75) is 19.9 Å². The van der Waals surface area contributed by atoms with E-state index in [2.05, 4.69) is 5.32 Å². The number of rotatable bonds is 3. The molecule has 1 aromatic carbocycles. The second-order valence-corrected chi connectivity index (χ2v) is 4.25. The van der Waals surface area contributed by atoms with Crippen LogP contribution in [0, 0.1) is 19.7 Å². The van der Waals surface area contributed by atoms with Gasteiger partial charge in [-0.25, -0.2) is 4.39 Å². The molecule has 1 N–H and O–H groups in total. The van der Waals surface area contributed by atoms with Crippen molar-refractivity contribution in [1.82, 2.24) is 5.32 Å². The van der Waals surface area contributed by atoms with Crippen molar-refractivity contribution >= 4 is 0 Å². The Bertz CT molecular complexity index is 498. The summed E-state index contributed by atoms with van der Waals surface area (Å²) >= 11 is 0. The van der Waals surface area contributed by atoms with Crippen molar-refractivity contribution < 1.29 is 8.81 Å². The zero-order valence-electron chi connectivity index (χ0n) is 10.3. The normalized spacial score (nSPS) is 12.7. The number of nitrogens with one attached hydrogen (secondary N) is 1. The van der Waals surface area contributed by atoms with Gasteiger partial charge in [-0.05, 0) is 55.8 Å². The SMILES string of the molecule is CNC(c1cc(C)cc(F)c1)c1occc1C. The van der Waals surface area contributed by atoms with Crippen LogP contribution in [0.4, 0.5) is 4.39 Å². The van der Waals surface area contributed by atoms with Crippen molar-refractivity contribution in [3.8, 4) is 0 Å². The fourth-order valence-corrected chi connectivity index (χ4v) is 2.06. The quantitative estimate of drug-likeness (QED) is 0.879. The summed E-state index contributed by atoms with van der Waals surface area (Å²) in [6.45, 7) is 3.86. The lowest BCUT2D eigenvalue weighted by molar-refractivity contribution is 0.459. The van der Waals surface area contributed by atoms with Crippen LogP contribution in [0.3, 0.4) is 0 Å². The first-order valence-electron chi connectivity index (χ1n) is 5.60. The van der Waals surface area contributed by atoms with Crippen LogP contribution in [0.1, 0.15) is 28.5 Å². The molecule has 0 aliphatic carbocycles. The van der Waals surface area contributed by atoms with Crippen LogP contribution in [0.2, 0.25) is 0 Å². The first kappa shape index (κ1) is 11.9. The van der Waals surface area contributed by atoms with Crippen LogP contribution < -0.4 is 5.32 Å². The van der Waals surface area contributed by atoms with Crippen molar-refractivity contribution in [2.75, 3.05) is 7.05 Å². The summed E-state index contributed by atoms with van der Waals surface area (Å²) in [7, 11) is 1.84. The Morgan fingerprint density at radius 2 is 2.00 bits per heavy atom. The van der Waals surface area contributed by atoms with Gasteiger partial charge >= 0.3 is 0 Å². The lowest BCUT2D eigenvalue weighted by Crippen LogP contribution is -2.18. The van der Waals surface area contributed by atoms with E-state index in [0.29, 0.717) is 0 Å². The molecule has 0 aliphatic rings. The van der Waals surface area contributed by atoms with Gasteiger partial charge in [-0.3, -0.25) is 0 Å². The minimum Gasteiger partial charge on any atom is -0.467 e. The Balaban J connectivity index is 2.45. The maximum atomic E-state index is 13.4. The largest absolute Gasteiger partial charge is 0.467 e. The number of furan rings is 1. The van der Waals surface area contributed by atoms with Gasteiger partial charge < -0.3 is 9.73 Å². The minimum atomic E-state index is -0.218. The highest BCUT2D eigenvalue weighted by Crippen LogP contribution is 2.26. The monoisotopic (exact) mass is 233 g/mol. The molecule has 0 aliphatic heterocycles. The second kappa shape index (κ2) is 4.72. The molecule has 0 bridgehead atoms. The number of benzene rings is 1. The molecular formula is C14H16FNO. The molecule has 0 saturated heterocycles. The van der Waals surface area contributed by atoms with Crippen molar-refractivity contribution in [2.24, 2.45) is 0 Å². The first-order valence-corrected chi connectivity index (χ1v) is 5.60. The Hall–Kier alpha value is -1.61. The van der Waals surface area contributed by atoms with Gasteiger partial charge in [0.1, 0.15) is 11.6 Å². The molecule has 0 saturated carbocycles. The van der Waals surface area contributed by atoms with Gasteiger partial charge in [0.15, 0.2) is 0 Å². The molecular weight excluding hydrogens is 217 g/mol. The van der Waals surface area contributed by atoms with E-state index in [1.165, 1.54) is 12.1 Å². The lowest BCUT2D eigenvalue weighted by atomic mass is 10.0. The molecule has 90 valence electrons. The molecule has 0 fully saturated rings. The summed E-state index contributed by atoms with van der Waals surface area (Å²) in [5.74, 6) is 0.613. The van der Waals surface area contributed by atoms with Gasteiger partial charge in [0.25, 0.3) is 0 Å². The Labute approximate surface area is 100 Å². The molecule has 1 atom stereocenters. The van der Waals surface area contributed by atoms with Crippen LogP contribution >= 0.6 is 0 Å². The molecule has 0 radical (unpaired) electrons. The van der Waals surface area contributed by atoms with Gasteiger partial charge in [-0.2, -0.15) is 0 Å². The van der Waals surface area contributed by atoms with Gasteiger partial charge in [0.2, 0.25) is 0 Å². The molecule has 3 heteroatoms. The molecule has 1 aromatic heterocycles. The fraction of sp³-hybridized carbons (Fsp3) is 0.286. The van der Waals surface area contributed by atoms with Crippen LogP contribution in [0.15, 0.2) is 34.9 Å². The standard InChI is InChI=1S/C14H16FNO/c1-9-6-11(8-12(15)7-9)13(16-3)14-10(2)4-5-17-14/h4-8,13,16H,1-3H3. The van der Waals surface area contributed by atoms with E-state index in [9.17, 15) is 4.39 Å². The molecule has 2 nitrogen and oxygen atoms in total. The van der Waals surface area contributed by atoms with Crippen molar-refractivity contribution in [1.29, 1.82) is 0 Å². The van der Waals surface area contributed by atoms with Gasteiger partial charge in [-0.15, -0.1) is 0 Å². The number of hydrogen-bond donors (Lipinski definition) is 1. The fourth-order valence-electron chi connectivity index (χ4n) is 2.06. The smallest absolute Gasteiger partial charge is 0.128 e. The Morgan fingerprint density at radius 1 is 1.24 bits per heavy atom. The van der Waals surface area contributed by atoms with E-state index >= 15 is 0 Å². The van der Waals surface area contributed by atoms with E-state index in [1.54, 1.807) is 6.26 Å². The summed E-state index contributed by atoms with van der Waals surface area (Å²) in [6.07, 6.45) is 1.65. The second-order valence-electron chi connectivity index (χ2n) is 4.25. The highest BCUT2D eigenvalue weighted by atomic mass is 19.1. The zero-order chi connectivity index (χ0) is 12.4. The van der Waals surface area contributed by atoms with Gasteiger partial charge in [0.05, 0.1) is 12.3 Å². The average Bonchev–Trinajstić information content (AvgIpc) is 2.65. The first-order chi connectivity index (χ1) is 8.11. The number of hydrogen-bond acceptors (Lipinski definition) is 2. The number of aryl methyl sites for hydroxylation is 2.